The maximum Gasteiger partial charge on any atom is 0.251 e. The van der Waals surface area contributed by atoms with E-state index in [1.165, 1.54) is 11.8 Å². The lowest BCUT2D eigenvalue weighted by Gasteiger charge is -2.19. The van der Waals surface area contributed by atoms with E-state index in [1.807, 2.05) is 36.8 Å². The summed E-state index contributed by atoms with van der Waals surface area (Å²) in [4.78, 5) is 25.5. The molecule has 0 spiro atoms. The first-order valence-corrected chi connectivity index (χ1v) is 14.2. The fourth-order valence-electron chi connectivity index (χ4n) is 3.45. The molecule has 1 aromatic heterocycles. The molecule has 1 unspecified atom stereocenters. The van der Waals surface area contributed by atoms with Crippen LogP contribution in [-0.2, 0) is 11.3 Å². The lowest BCUT2D eigenvalue weighted by atomic mass is 10.1. The van der Waals surface area contributed by atoms with Crippen molar-refractivity contribution in [3.8, 4) is 5.75 Å². The molecule has 0 radical (unpaired) electrons. The average molecular weight is 548 g/mol. The second-order valence-corrected chi connectivity index (χ2v) is 10.3. The zero-order chi connectivity index (χ0) is 26.1. The van der Waals surface area contributed by atoms with Crippen molar-refractivity contribution in [2.24, 2.45) is 0 Å². The molecule has 1 atom stereocenters. The Labute approximate surface area is 224 Å². The van der Waals surface area contributed by atoms with Crippen molar-refractivity contribution < 1.29 is 14.3 Å². The number of ether oxygens (including phenoxy) is 1. The lowest BCUT2D eigenvalue weighted by molar-refractivity contribution is -0.113. The highest BCUT2D eigenvalue weighted by Crippen LogP contribution is 2.25. The molecule has 36 heavy (non-hydrogen) atoms. The van der Waals surface area contributed by atoms with Crippen LogP contribution in [0.4, 0.5) is 5.69 Å². The van der Waals surface area contributed by atoms with E-state index in [-0.39, 0.29) is 23.6 Å². The summed E-state index contributed by atoms with van der Waals surface area (Å²) in [6.07, 6.45) is 2.72. The van der Waals surface area contributed by atoms with Crippen LogP contribution in [0.3, 0.4) is 0 Å². The van der Waals surface area contributed by atoms with Crippen molar-refractivity contribution in [2.75, 3.05) is 30.2 Å². The lowest BCUT2D eigenvalue weighted by Crippen LogP contribution is -2.31. The van der Waals surface area contributed by atoms with Gasteiger partial charge in [0.05, 0.1) is 18.9 Å². The van der Waals surface area contributed by atoms with Crippen LogP contribution in [0.5, 0.6) is 5.75 Å². The van der Waals surface area contributed by atoms with Crippen LogP contribution >= 0.6 is 35.1 Å². The quantitative estimate of drug-likeness (QED) is 0.300. The first-order chi connectivity index (χ1) is 17.4. The Balaban J connectivity index is 1.70. The molecule has 3 aromatic rings. The van der Waals surface area contributed by atoms with Crippen LogP contribution < -0.4 is 15.4 Å². The van der Waals surface area contributed by atoms with Gasteiger partial charge in [-0.2, -0.15) is 11.8 Å². The summed E-state index contributed by atoms with van der Waals surface area (Å²) in [7, 11) is 1.59. The summed E-state index contributed by atoms with van der Waals surface area (Å²) in [6, 6.07) is 12.1. The zero-order valence-corrected chi connectivity index (χ0v) is 23.1. The Morgan fingerprint density at radius 1 is 1.17 bits per heavy atom. The molecule has 0 aliphatic carbocycles. The van der Waals surface area contributed by atoms with Gasteiger partial charge in [-0.15, -0.1) is 10.2 Å². The second-order valence-electron chi connectivity index (χ2n) is 7.92. The number of aromatic nitrogens is 3. The molecule has 2 amide bonds. The van der Waals surface area contributed by atoms with E-state index in [2.05, 4.69) is 20.8 Å². The highest BCUT2D eigenvalue weighted by Gasteiger charge is 2.23. The van der Waals surface area contributed by atoms with Crippen LogP contribution in [0, 0.1) is 6.92 Å². The number of amides is 2. The predicted octanol–water partition coefficient (Wildman–Crippen LogP) is 5.22. The number of aryl methyl sites for hydroxylation is 1. The zero-order valence-electron chi connectivity index (χ0n) is 20.7. The molecule has 0 aliphatic heterocycles. The molecule has 1 heterocycles. The monoisotopic (exact) mass is 547 g/mol. The first kappa shape index (κ1) is 27.9. The minimum Gasteiger partial charge on any atom is -0.497 e. The standard InChI is InChI=1S/C25H30ClN5O3S2/c1-5-31-23(21(12-13-35-4)28-24(33)17-7-10-19(34-3)11-8-17)29-30-25(31)36-15-22(32)27-18-9-6-16(2)20(26)14-18/h6-11,14,21H,5,12-13,15H2,1-4H3,(H,27,32)(H,28,33). The second kappa shape index (κ2) is 13.6. The first-order valence-electron chi connectivity index (χ1n) is 11.4. The molecular formula is C25H30ClN5O3S2. The molecular weight excluding hydrogens is 518 g/mol. The van der Waals surface area contributed by atoms with E-state index in [9.17, 15) is 9.59 Å². The SMILES string of the molecule is CCn1c(SCC(=O)Nc2ccc(C)c(Cl)c2)nnc1C(CCSC)NC(=O)c1ccc(OC)cc1. The van der Waals surface area contributed by atoms with Crippen molar-refractivity contribution in [3.63, 3.8) is 0 Å². The maximum atomic E-state index is 12.9. The Bertz CT molecular complexity index is 1190. The minimum absolute atomic E-state index is 0.164. The Hall–Kier alpha value is -2.69. The average Bonchev–Trinajstić information content (AvgIpc) is 3.30. The van der Waals surface area contributed by atoms with Gasteiger partial charge in [0.15, 0.2) is 11.0 Å². The Morgan fingerprint density at radius 3 is 2.56 bits per heavy atom. The van der Waals surface area contributed by atoms with Gasteiger partial charge in [0.1, 0.15) is 5.75 Å². The number of hydrogen-bond acceptors (Lipinski definition) is 7. The van der Waals surface area contributed by atoms with Gasteiger partial charge in [-0.3, -0.25) is 9.59 Å². The molecule has 2 aromatic carbocycles. The molecule has 0 fully saturated rings. The largest absolute Gasteiger partial charge is 0.497 e. The van der Waals surface area contributed by atoms with Gasteiger partial charge in [0.25, 0.3) is 5.91 Å². The number of halogens is 1. The predicted molar refractivity (Wildman–Crippen MR) is 147 cm³/mol. The number of carbonyl (C=O) groups excluding carboxylic acids is 2. The number of carbonyl (C=O) groups is 2. The van der Waals surface area contributed by atoms with Gasteiger partial charge in [-0.1, -0.05) is 29.4 Å². The molecule has 192 valence electrons. The molecule has 2 N–H and O–H groups in total. The smallest absolute Gasteiger partial charge is 0.251 e. The van der Waals surface area contributed by atoms with E-state index in [0.29, 0.717) is 46.0 Å². The molecule has 3 rings (SSSR count). The topological polar surface area (TPSA) is 98.1 Å². The molecule has 0 bridgehead atoms. The van der Waals surface area contributed by atoms with Gasteiger partial charge in [-0.05, 0) is 74.2 Å². The van der Waals surface area contributed by atoms with Crippen molar-refractivity contribution in [2.45, 2.75) is 38.0 Å². The third kappa shape index (κ3) is 7.41. The van der Waals surface area contributed by atoms with Crippen LogP contribution in [0.1, 0.15) is 41.1 Å². The highest BCUT2D eigenvalue weighted by atomic mass is 35.5. The summed E-state index contributed by atoms with van der Waals surface area (Å²) < 4.78 is 7.12. The van der Waals surface area contributed by atoms with Crippen LogP contribution in [-0.4, -0.2) is 51.5 Å². The van der Waals surface area contributed by atoms with E-state index in [0.717, 1.165) is 11.3 Å². The number of anilines is 1. The minimum atomic E-state index is -0.322. The van der Waals surface area contributed by atoms with Gasteiger partial charge in [0, 0.05) is 22.8 Å². The van der Waals surface area contributed by atoms with Crippen molar-refractivity contribution in [1.29, 1.82) is 0 Å². The molecule has 11 heteroatoms. The number of nitrogens with one attached hydrogen (secondary N) is 2. The third-order valence-corrected chi connectivity index (χ3v) is 7.45. The summed E-state index contributed by atoms with van der Waals surface area (Å²) >= 11 is 9.15. The molecule has 0 saturated carbocycles. The molecule has 0 aliphatic rings. The van der Waals surface area contributed by atoms with E-state index in [1.54, 1.807) is 49.2 Å². The summed E-state index contributed by atoms with van der Waals surface area (Å²) in [5.74, 6) is 2.00. The van der Waals surface area contributed by atoms with Crippen LogP contribution in [0.2, 0.25) is 5.02 Å². The molecule has 0 saturated heterocycles. The van der Waals surface area contributed by atoms with Gasteiger partial charge < -0.3 is 19.9 Å². The number of methoxy groups -OCH3 is 1. The van der Waals surface area contributed by atoms with Crippen LogP contribution in [0.25, 0.3) is 0 Å². The van der Waals surface area contributed by atoms with E-state index < -0.39 is 0 Å². The third-order valence-electron chi connectivity index (χ3n) is 5.43. The van der Waals surface area contributed by atoms with Gasteiger partial charge >= 0.3 is 0 Å². The number of benzene rings is 2. The fourth-order valence-corrected chi connectivity index (χ4v) is 4.91. The van der Waals surface area contributed by atoms with Crippen LogP contribution in [0.15, 0.2) is 47.6 Å². The Morgan fingerprint density at radius 2 is 1.92 bits per heavy atom. The summed E-state index contributed by atoms with van der Waals surface area (Å²) in [6.45, 7) is 4.50. The number of rotatable bonds is 12. The van der Waals surface area contributed by atoms with E-state index in [4.69, 9.17) is 16.3 Å². The highest BCUT2D eigenvalue weighted by molar-refractivity contribution is 7.99. The normalized spacial score (nSPS) is 11.7. The van der Waals surface area contributed by atoms with Crippen molar-refractivity contribution in [3.05, 3.63) is 64.4 Å². The number of hydrogen-bond donors (Lipinski definition) is 2. The summed E-state index contributed by atoms with van der Waals surface area (Å²) in [5, 5.41) is 15.9. The number of nitrogens with zero attached hydrogens (tertiary/aromatic N) is 3. The van der Waals surface area contributed by atoms with Crippen molar-refractivity contribution in [1.82, 2.24) is 20.1 Å². The van der Waals surface area contributed by atoms with Gasteiger partial charge in [-0.25, -0.2) is 0 Å². The van der Waals surface area contributed by atoms with Gasteiger partial charge in [0.2, 0.25) is 5.91 Å². The van der Waals surface area contributed by atoms with E-state index >= 15 is 0 Å². The Kier molecular flexibility index (Phi) is 10.5. The van der Waals surface area contributed by atoms with Crippen molar-refractivity contribution >= 4 is 52.6 Å². The fraction of sp³-hybridized carbons (Fsp3) is 0.360. The number of thioether (sulfide) groups is 2. The molecule has 8 nitrogen and oxygen atoms in total. The maximum absolute atomic E-state index is 12.9. The summed E-state index contributed by atoms with van der Waals surface area (Å²) in [5.41, 5.74) is 2.13.